The molecule has 90 valence electrons. The first-order valence-corrected chi connectivity index (χ1v) is 5.22. The molecule has 4 N–H and O–H groups in total. The highest BCUT2D eigenvalue weighted by Crippen LogP contribution is 2.17. The second kappa shape index (κ2) is 4.52. The molecule has 0 spiro atoms. The monoisotopic (exact) mass is 234 g/mol. The van der Waals surface area contributed by atoms with Crippen LogP contribution in [-0.2, 0) is 11.8 Å². The Morgan fingerprint density at radius 3 is 3.12 bits per heavy atom. The molecule has 6 nitrogen and oxygen atoms in total. The number of benzene rings is 1. The Kier molecular flexibility index (Phi) is 3.08. The summed E-state index contributed by atoms with van der Waals surface area (Å²) in [4.78, 5) is 15.6. The van der Waals surface area contributed by atoms with Gasteiger partial charge in [-0.1, -0.05) is 0 Å². The molecule has 0 saturated heterocycles. The average molecular weight is 234 g/mol. The lowest BCUT2D eigenvalue weighted by atomic mass is 10.2. The van der Waals surface area contributed by atoms with Gasteiger partial charge in [0.25, 0.3) is 5.91 Å². The van der Waals surface area contributed by atoms with E-state index in [1.54, 1.807) is 18.5 Å². The van der Waals surface area contributed by atoms with E-state index in [9.17, 15) is 9.90 Å². The van der Waals surface area contributed by atoms with E-state index in [-0.39, 0.29) is 6.54 Å². The first-order chi connectivity index (χ1) is 8.11. The zero-order valence-corrected chi connectivity index (χ0v) is 9.42. The molecule has 1 amide bonds. The number of fused-ring (bicyclic) bond motifs is 1. The maximum atomic E-state index is 11.4. The average Bonchev–Trinajstić information content (AvgIpc) is 2.69. The first-order valence-electron chi connectivity index (χ1n) is 5.22. The fourth-order valence-electron chi connectivity index (χ4n) is 1.55. The lowest BCUT2D eigenvalue weighted by molar-refractivity contribution is -0.123. The molecule has 0 radical (unpaired) electrons. The number of aryl methyl sites for hydroxylation is 1. The van der Waals surface area contributed by atoms with E-state index in [2.05, 4.69) is 10.3 Å². The van der Waals surface area contributed by atoms with Crippen LogP contribution in [-0.4, -0.2) is 33.2 Å². The van der Waals surface area contributed by atoms with Gasteiger partial charge in [-0.15, -0.1) is 0 Å². The van der Waals surface area contributed by atoms with Gasteiger partial charge >= 0.3 is 0 Å². The van der Waals surface area contributed by atoms with Crippen molar-refractivity contribution in [3.05, 3.63) is 24.5 Å². The molecule has 1 aromatic heterocycles. The van der Waals surface area contributed by atoms with Gasteiger partial charge < -0.3 is 20.7 Å². The van der Waals surface area contributed by atoms with Crippen molar-refractivity contribution in [3.8, 4) is 0 Å². The molecule has 17 heavy (non-hydrogen) atoms. The van der Waals surface area contributed by atoms with Gasteiger partial charge in [0.2, 0.25) is 0 Å². The smallest absolute Gasteiger partial charge is 0.254 e. The molecule has 0 bridgehead atoms. The molecule has 0 fully saturated rings. The largest absolute Gasteiger partial charge is 0.382 e. The van der Waals surface area contributed by atoms with Crippen LogP contribution in [0.1, 0.15) is 0 Å². The summed E-state index contributed by atoms with van der Waals surface area (Å²) in [6.07, 6.45) is 0.514. The summed E-state index contributed by atoms with van der Waals surface area (Å²) < 4.78 is 1.88. The number of nitrogens with two attached hydrogens (primary N) is 1. The van der Waals surface area contributed by atoms with Gasteiger partial charge in [-0.2, -0.15) is 0 Å². The fourth-order valence-corrected chi connectivity index (χ4v) is 1.55. The highest BCUT2D eigenvalue weighted by Gasteiger charge is 2.13. The summed E-state index contributed by atoms with van der Waals surface area (Å²) in [6.45, 7) is -0.0995. The van der Waals surface area contributed by atoms with E-state index in [0.29, 0.717) is 5.69 Å². The van der Waals surface area contributed by atoms with Gasteiger partial charge in [0.1, 0.15) is 6.10 Å². The molecule has 0 saturated carbocycles. The van der Waals surface area contributed by atoms with Gasteiger partial charge in [0.15, 0.2) is 0 Å². The van der Waals surface area contributed by atoms with E-state index in [4.69, 9.17) is 5.73 Å². The van der Waals surface area contributed by atoms with Crippen LogP contribution in [0.15, 0.2) is 24.5 Å². The van der Waals surface area contributed by atoms with E-state index in [1.807, 2.05) is 17.7 Å². The molecule has 0 aliphatic rings. The predicted octanol–water partition coefficient (Wildman–Crippen LogP) is -0.169. The number of carbonyl (C=O) groups is 1. The summed E-state index contributed by atoms with van der Waals surface area (Å²) in [5, 5.41) is 11.8. The Morgan fingerprint density at radius 2 is 2.41 bits per heavy atom. The Balaban J connectivity index is 2.22. The van der Waals surface area contributed by atoms with Crippen LogP contribution in [0.3, 0.4) is 0 Å². The number of nitrogens with zero attached hydrogens (tertiary/aromatic N) is 2. The minimum absolute atomic E-state index is 0.0995. The third-order valence-electron chi connectivity index (χ3n) is 2.52. The highest BCUT2D eigenvalue weighted by atomic mass is 16.3. The van der Waals surface area contributed by atoms with Crippen LogP contribution in [0.2, 0.25) is 0 Å². The van der Waals surface area contributed by atoms with Gasteiger partial charge in [0, 0.05) is 19.3 Å². The van der Waals surface area contributed by atoms with Crippen molar-refractivity contribution in [2.45, 2.75) is 6.10 Å². The summed E-state index contributed by atoms with van der Waals surface area (Å²) in [6, 6.07) is 5.36. The number of aromatic nitrogens is 2. The fraction of sp³-hybridized carbons (Fsp3) is 0.273. The molecule has 1 heterocycles. The molecule has 1 aromatic carbocycles. The van der Waals surface area contributed by atoms with E-state index >= 15 is 0 Å². The summed E-state index contributed by atoms with van der Waals surface area (Å²) >= 11 is 0. The number of amides is 1. The minimum Gasteiger partial charge on any atom is -0.382 e. The predicted molar refractivity (Wildman–Crippen MR) is 64.4 cm³/mol. The number of hydrogen-bond donors (Lipinski definition) is 3. The normalized spacial score (nSPS) is 12.6. The number of nitrogens with one attached hydrogen (secondary N) is 1. The Morgan fingerprint density at radius 1 is 1.65 bits per heavy atom. The van der Waals surface area contributed by atoms with E-state index < -0.39 is 12.0 Å². The third-order valence-corrected chi connectivity index (χ3v) is 2.52. The Bertz CT molecular complexity index is 549. The third kappa shape index (κ3) is 2.27. The number of aliphatic hydroxyl groups excluding tert-OH is 1. The van der Waals surface area contributed by atoms with Gasteiger partial charge in [-0.25, -0.2) is 4.98 Å². The SMILES string of the molecule is Cn1cnc2cc(NC(=O)C(O)CN)ccc21. The lowest BCUT2D eigenvalue weighted by Gasteiger charge is -2.09. The van der Waals surface area contributed by atoms with Crippen LogP contribution in [0.25, 0.3) is 11.0 Å². The molecule has 2 aromatic rings. The van der Waals surface area contributed by atoms with Crippen molar-refractivity contribution < 1.29 is 9.90 Å². The molecule has 1 atom stereocenters. The zero-order chi connectivity index (χ0) is 12.4. The Hall–Kier alpha value is -1.92. The molecular weight excluding hydrogens is 220 g/mol. The summed E-state index contributed by atoms with van der Waals surface area (Å²) in [5.74, 6) is -0.511. The van der Waals surface area contributed by atoms with Crippen LogP contribution >= 0.6 is 0 Å². The number of carbonyl (C=O) groups excluding carboxylic acids is 1. The first kappa shape index (κ1) is 11.6. The van der Waals surface area contributed by atoms with E-state index in [1.165, 1.54) is 0 Å². The van der Waals surface area contributed by atoms with Crippen molar-refractivity contribution in [2.75, 3.05) is 11.9 Å². The van der Waals surface area contributed by atoms with Crippen LogP contribution in [0.5, 0.6) is 0 Å². The van der Waals surface area contributed by atoms with Crippen LogP contribution in [0, 0.1) is 0 Å². The minimum atomic E-state index is -1.19. The second-order valence-corrected chi connectivity index (χ2v) is 3.80. The topological polar surface area (TPSA) is 93.2 Å². The molecule has 1 unspecified atom stereocenters. The second-order valence-electron chi connectivity index (χ2n) is 3.80. The lowest BCUT2D eigenvalue weighted by Crippen LogP contribution is -2.34. The molecular formula is C11H14N4O2. The maximum Gasteiger partial charge on any atom is 0.254 e. The Labute approximate surface area is 98.1 Å². The van der Waals surface area contributed by atoms with Crippen molar-refractivity contribution in [3.63, 3.8) is 0 Å². The van der Waals surface area contributed by atoms with Crippen molar-refractivity contribution in [2.24, 2.45) is 12.8 Å². The summed E-state index contributed by atoms with van der Waals surface area (Å²) in [5.41, 5.74) is 7.54. The standard InChI is InChI=1S/C11H14N4O2/c1-15-6-13-8-4-7(2-3-9(8)15)14-11(17)10(16)5-12/h2-4,6,10,16H,5,12H2,1H3,(H,14,17). The number of rotatable bonds is 3. The quantitative estimate of drug-likeness (QED) is 0.687. The van der Waals surface area contributed by atoms with Crippen molar-refractivity contribution in [1.82, 2.24) is 9.55 Å². The van der Waals surface area contributed by atoms with Gasteiger partial charge in [0.05, 0.1) is 17.4 Å². The molecule has 2 rings (SSSR count). The maximum absolute atomic E-state index is 11.4. The summed E-state index contributed by atoms with van der Waals surface area (Å²) in [7, 11) is 1.89. The van der Waals surface area contributed by atoms with Crippen LogP contribution < -0.4 is 11.1 Å². The van der Waals surface area contributed by atoms with E-state index in [0.717, 1.165) is 11.0 Å². The van der Waals surface area contributed by atoms with Gasteiger partial charge in [-0.3, -0.25) is 4.79 Å². The van der Waals surface area contributed by atoms with Crippen molar-refractivity contribution >= 4 is 22.6 Å². The highest BCUT2D eigenvalue weighted by molar-refractivity contribution is 5.95. The molecule has 0 aliphatic carbocycles. The van der Waals surface area contributed by atoms with Gasteiger partial charge in [-0.05, 0) is 18.2 Å². The molecule has 0 aliphatic heterocycles. The number of aliphatic hydroxyl groups is 1. The molecule has 6 heteroatoms. The number of anilines is 1. The zero-order valence-electron chi connectivity index (χ0n) is 9.42. The number of hydrogen-bond acceptors (Lipinski definition) is 4. The van der Waals surface area contributed by atoms with Crippen molar-refractivity contribution in [1.29, 1.82) is 0 Å². The number of imidazole rings is 1. The van der Waals surface area contributed by atoms with Crippen LogP contribution in [0.4, 0.5) is 5.69 Å².